The van der Waals surface area contributed by atoms with Gasteiger partial charge in [0.2, 0.25) is 6.08 Å². The quantitative estimate of drug-likeness (QED) is 0.563. The molecular weight excluding hydrogens is 206 g/mol. The highest BCUT2D eigenvalue weighted by molar-refractivity contribution is 5.74. The van der Waals surface area contributed by atoms with Crippen LogP contribution in [0.1, 0.15) is 25.7 Å². The van der Waals surface area contributed by atoms with Gasteiger partial charge in [-0.25, -0.2) is 9.59 Å². The molecule has 1 aliphatic carbocycles. The normalized spacial score (nSPS) is 28.1. The van der Waals surface area contributed by atoms with Gasteiger partial charge in [0.25, 0.3) is 0 Å². The molecule has 2 atom stereocenters. The summed E-state index contributed by atoms with van der Waals surface area (Å²) in [6.07, 6.45) is 6.50. The number of aliphatic imine (C=N–C) groups is 1. The van der Waals surface area contributed by atoms with Crippen LogP contribution in [0.25, 0.3) is 0 Å². The number of hydrogen-bond acceptors (Lipinski definition) is 3. The number of carbonyl (C=O) groups excluding carboxylic acids is 2. The second kappa shape index (κ2) is 5.12. The third kappa shape index (κ3) is 2.42. The van der Waals surface area contributed by atoms with Crippen molar-refractivity contribution in [3.63, 3.8) is 0 Å². The molecule has 0 aromatic rings. The van der Waals surface area contributed by atoms with Crippen LogP contribution in [0.15, 0.2) is 4.99 Å². The first kappa shape index (κ1) is 11.1. The zero-order chi connectivity index (χ0) is 11.4. The minimum absolute atomic E-state index is 0.0359. The molecule has 2 aliphatic rings. The largest absolute Gasteiger partial charge is 0.324 e. The van der Waals surface area contributed by atoms with E-state index in [4.69, 9.17) is 0 Å². The SMILES string of the molecule is O=C=NCNC(=O)N1CC2CCCCC2C1. The van der Waals surface area contributed by atoms with Gasteiger partial charge < -0.3 is 10.2 Å². The maximum absolute atomic E-state index is 11.7. The Labute approximate surface area is 94.9 Å². The van der Waals surface area contributed by atoms with E-state index in [2.05, 4.69) is 10.3 Å². The molecule has 0 radical (unpaired) electrons. The second-order valence-electron chi connectivity index (χ2n) is 4.60. The maximum Gasteiger partial charge on any atom is 0.318 e. The van der Waals surface area contributed by atoms with Crippen molar-refractivity contribution in [2.45, 2.75) is 25.7 Å². The number of urea groups is 1. The van der Waals surface area contributed by atoms with Gasteiger partial charge in [0, 0.05) is 13.1 Å². The predicted molar refractivity (Wildman–Crippen MR) is 58.5 cm³/mol. The first-order chi connectivity index (χ1) is 7.81. The molecule has 1 saturated carbocycles. The Kier molecular flexibility index (Phi) is 3.57. The lowest BCUT2D eigenvalue weighted by Gasteiger charge is -2.22. The molecule has 2 unspecified atom stereocenters. The van der Waals surface area contributed by atoms with Crippen LogP contribution in [-0.2, 0) is 4.79 Å². The van der Waals surface area contributed by atoms with Crippen LogP contribution in [0.3, 0.4) is 0 Å². The average Bonchev–Trinajstić information content (AvgIpc) is 2.73. The van der Waals surface area contributed by atoms with E-state index in [0.29, 0.717) is 11.8 Å². The zero-order valence-electron chi connectivity index (χ0n) is 9.32. The summed E-state index contributed by atoms with van der Waals surface area (Å²) in [5, 5.41) is 2.59. The van der Waals surface area contributed by atoms with Crippen LogP contribution in [0, 0.1) is 11.8 Å². The van der Waals surface area contributed by atoms with Gasteiger partial charge in [0.05, 0.1) is 0 Å². The summed E-state index contributed by atoms with van der Waals surface area (Å²) >= 11 is 0. The van der Waals surface area contributed by atoms with E-state index < -0.39 is 0 Å². The van der Waals surface area contributed by atoms with Gasteiger partial charge >= 0.3 is 6.03 Å². The summed E-state index contributed by atoms with van der Waals surface area (Å²) in [6.45, 7) is 1.76. The monoisotopic (exact) mass is 223 g/mol. The molecule has 0 bridgehead atoms. The standard InChI is InChI=1S/C11H17N3O2/c15-8-12-7-13-11(16)14-5-9-3-1-2-4-10(9)6-14/h9-10H,1-7H2,(H,13,16). The van der Waals surface area contributed by atoms with Crippen LogP contribution in [0.2, 0.25) is 0 Å². The molecule has 0 spiro atoms. The number of amides is 2. The Morgan fingerprint density at radius 1 is 1.31 bits per heavy atom. The van der Waals surface area contributed by atoms with Crippen molar-refractivity contribution in [1.82, 2.24) is 10.2 Å². The van der Waals surface area contributed by atoms with Crippen molar-refractivity contribution in [3.05, 3.63) is 0 Å². The molecule has 5 nitrogen and oxygen atoms in total. The Morgan fingerprint density at radius 3 is 2.50 bits per heavy atom. The number of rotatable bonds is 2. The molecule has 5 heteroatoms. The van der Waals surface area contributed by atoms with Crippen LogP contribution in [-0.4, -0.2) is 36.8 Å². The first-order valence-corrected chi connectivity index (χ1v) is 5.87. The molecule has 2 rings (SSSR count). The van der Waals surface area contributed by atoms with Gasteiger partial charge in [-0.3, -0.25) is 0 Å². The van der Waals surface area contributed by atoms with E-state index in [-0.39, 0.29) is 12.7 Å². The highest BCUT2D eigenvalue weighted by Gasteiger charge is 2.36. The summed E-state index contributed by atoms with van der Waals surface area (Å²) < 4.78 is 0. The fourth-order valence-corrected chi connectivity index (χ4v) is 2.82. The Hall–Kier alpha value is -1.35. The molecule has 1 heterocycles. The minimum Gasteiger partial charge on any atom is -0.324 e. The Bertz CT molecular complexity index is 298. The summed E-state index contributed by atoms with van der Waals surface area (Å²) in [7, 11) is 0. The number of nitrogens with one attached hydrogen (secondary N) is 1. The summed E-state index contributed by atoms with van der Waals surface area (Å²) in [4.78, 5) is 26.7. The van der Waals surface area contributed by atoms with Crippen LogP contribution in [0.5, 0.6) is 0 Å². The van der Waals surface area contributed by atoms with Crippen molar-refractivity contribution in [3.8, 4) is 0 Å². The van der Waals surface area contributed by atoms with Crippen molar-refractivity contribution in [2.75, 3.05) is 19.8 Å². The van der Waals surface area contributed by atoms with Gasteiger partial charge in [-0.05, 0) is 24.7 Å². The van der Waals surface area contributed by atoms with E-state index in [0.717, 1.165) is 13.1 Å². The topological polar surface area (TPSA) is 61.8 Å². The van der Waals surface area contributed by atoms with Gasteiger partial charge in [-0.2, -0.15) is 4.99 Å². The minimum atomic E-state index is -0.103. The van der Waals surface area contributed by atoms with Crippen molar-refractivity contribution in [1.29, 1.82) is 0 Å². The fraction of sp³-hybridized carbons (Fsp3) is 0.818. The van der Waals surface area contributed by atoms with Crippen LogP contribution < -0.4 is 5.32 Å². The van der Waals surface area contributed by atoms with E-state index in [1.54, 1.807) is 0 Å². The Morgan fingerprint density at radius 2 is 1.94 bits per heavy atom. The van der Waals surface area contributed by atoms with Crippen molar-refractivity contribution >= 4 is 12.1 Å². The van der Waals surface area contributed by atoms with E-state index in [1.807, 2.05) is 4.90 Å². The Balaban J connectivity index is 1.82. The molecule has 2 amide bonds. The lowest BCUT2D eigenvalue weighted by Crippen LogP contribution is -2.38. The molecule has 1 saturated heterocycles. The molecule has 0 aromatic carbocycles. The third-order valence-electron chi connectivity index (χ3n) is 3.64. The highest BCUT2D eigenvalue weighted by Crippen LogP contribution is 2.35. The van der Waals surface area contributed by atoms with Gasteiger partial charge in [0.1, 0.15) is 6.67 Å². The van der Waals surface area contributed by atoms with Gasteiger partial charge in [-0.15, -0.1) is 0 Å². The summed E-state index contributed by atoms with van der Waals surface area (Å²) in [5.41, 5.74) is 0. The van der Waals surface area contributed by atoms with Gasteiger partial charge in [-0.1, -0.05) is 12.8 Å². The lowest BCUT2D eigenvalue weighted by molar-refractivity contribution is 0.206. The molecule has 88 valence electrons. The van der Waals surface area contributed by atoms with Crippen LogP contribution in [0.4, 0.5) is 4.79 Å². The number of likely N-dealkylation sites (tertiary alicyclic amines) is 1. The molecule has 2 fully saturated rings. The molecule has 1 aliphatic heterocycles. The molecular formula is C11H17N3O2. The first-order valence-electron chi connectivity index (χ1n) is 5.87. The average molecular weight is 223 g/mol. The molecule has 0 aromatic heterocycles. The highest BCUT2D eigenvalue weighted by atomic mass is 16.2. The van der Waals surface area contributed by atoms with Crippen molar-refractivity contribution < 1.29 is 9.59 Å². The summed E-state index contributed by atoms with van der Waals surface area (Å²) in [5.74, 6) is 1.38. The van der Waals surface area contributed by atoms with E-state index in [9.17, 15) is 9.59 Å². The van der Waals surface area contributed by atoms with Crippen molar-refractivity contribution in [2.24, 2.45) is 16.8 Å². The number of nitrogens with zero attached hydrogens (tertiary/aromatic N) is 2. The predicted octanol–water partition coefficient (Wildman–Crippen LogP) is 1.11. The molecule has 16 heavy (non-hydrogen) atoms. The number of carbonyl (C=O) groups is 1. The maximum atomic E-state index is 11.7. The van der Waals surface area contributed by atoms with Gasteiger partial charge in [0.15, 0.2) is 0 Å². The van der Waals surface area contributed by atoms with Crippen LogP contribution >= 0.6 is 0 Å². The van der Waals surface area contributed by atoms with E-state index in [1.165, 1.54) is 31.8 Å². The number of hydrogen-bond donors (Lipinski definition) is 1. The third-order valence-corrected chi connectivity index (χ3v) is 3.64. The van der Waals surface area contributed by atoms with E-state index >= 15 is 0 Å². The zero-order valence-corrected chi connectivity index (χ0v) is 9.32. The fourth-order valence-electron chi connectivity index (χ4n) is 2.82. The smallest absolute Gasteiger partial charge is 0.318 e. The lowest BCUT2D eigenvalue weighted by atomic mass is 9.82. The number of isocyanates is 1. The summed E-state index contributed by atoms with van der Waals surface area (Å²) in [6, 6.07) is -0.103. The second-order valence-corrected chi connectivity index (χ2v) is 4.60. The number of fused-ring (bicyclic) bond motifs is 1. The molecule has 1 N–H and O–H groups in total.